The highest BCUT2D eigenvalue weighted by Gasteiger charge is 2.20. The van der Waals surface area contributed by atoms with Crippen LogP contribution in [0.25, 0.3) is 66.6 Å². The van der Waals surface area contributed by atoms with Crippen molar-refractivity contribution in [1.82, 2.24) is 9.97 Å². The Morgan fingerprint density at radius 3 is 1.89 bits per heavy atom. The topological polar surface area (TPSA) is 35.0 Å². The minimum Gasteiger partial charge on any atom is -0.454 e. The molecule has 0 bridgehead atoms. The molecule has 0 spiro atoms. The molecule has 0 fully saturated rings. The van der Waals surface area contributed by atoms with Gasteiger partial charge in [-0.2, -0.15) is 0 Å². The summed E-state index contributed by atoms with van der Waals surface area (Å²) in [6.07, 6.45) is 0. The Balaban J connectivity index is 1.25. The lowest BCUT2D eigenvalue weighted by Gasteiger charge is -2.19. The Labute approximate surface area is 286 Å². The number of nitrogens with zero attached hydrogens (tertiary/aromatic N) is 2. The first-order valence-corrected chi connectivity index (χ1v) is 16.5. The standard InChI is InChI=1S/C42H26BrClN2O/c43-31-19-15-30(16-20-31)41-42(40(29-11-5-2-6-12-29)34-13-7-8-14-37(34)46-41)47-33-22-17-28(18-23-33)39-26-35(27-9-3-1-4-10-27)36-25-32(44)21-24-38(36)45-39/h1-26H. The quantitative estimate of drug-likeness (QED) is 0.174. The van der Waals surface area contributed by atoms with E-state index in [1.807, 2.05) is 78.9 Å². The molecule has 224 valence electrons. The highest BCUT2D eigenvalue weighted by Crippen LogP contribution is 2.45. The average molecular weight is 690 g/mol. The summed E-state index contributed by atoms with van der Waals surface area (Å²) < 4.78 is 7.85. The van der Waals surface area contributed by atoms with Crippen LogP contribution in [0.5, 0.6) is 11.5 Å². The van der Waals surface area contributed by atoms with Gasteiger partial charge in [0.15, 0.2) is 5.75 Å². The van der Waals surface area contributed by atoms with E-state index in [1.165, 1.54) is 0 Å². The highest BCUT2D eigenvalue weighted by molar-refractivity contribution is 9.10. The number of rotatable bonds is 6. The number of aromatic nitrogens is 2. The number of pyridine rings is 2. The van der Waals surface area contributed by atoms with Gasteiger partial charge in [-0.05, 0) is 83.4 Å². The summed E-state index contributed by atoms with van der Waals surface area (Å²) >= 11 is 9.99. The molecule has 6 aromatic carbocycles. The van der Waals surface area contributed by atoms with Crippen molar-refractivity contribution in [2.75, 3.05) is 0 Å². The molecule has 8 rings (SSSR count). The number of para-hydroxylation sites is 1. The molecule has 0 saturated heterocycles. The van der Waals surface area contributed by atoms with Crippen LogP contribution in [0.2, 0.25) is 5.02 Å². The van der Waals surface area contributed by atoms with Crippen molar-refractivity contribution in [3.05, 3.63) is 167 Å². The van der Waals surface area contributed by atoms with Gasteiger partial charge in [-0.3, -0.25) is 0 Å². The fourth-order valence-electron chi connectivity index (χ4n) is 6.00. The molecule has 0 unspecified atom stereocenters. The van der Waals surface area contributed by atoms with Crippen molar-refractivity contribution in [2.45, 2.75) is 0 Å². The summed E-state index contributed by atoms with van der Waals surface area (Å²) in [5, 5.41) is 2.73. The van der Waals surface area contributed by atoms with E-state index in [0.717, 1.165) is 71.0 Å². The van der Waals surface area contributed by atoms with Crippen molar-refractivity contribution >= 4 is 49.3 Å². The van der Waals surface area contributed by atoms with Gasteiger partial charge in [-0.15, -0.1) is 0 Å². The normalized spacial score (nSPS) is 11.2. The smallest absolute Gasteiger partial charge is 0.162 e. The van der Waals surface area contributed by atoms with Crippen LogP contribution in [0, 0.1) is 0 Å². The zero-order valence-corrected chi connectivity index (χ0v) is 27.4. The lowest BCUT2D eigenvalue weighted by atomic mass is 9.96. The molecule has 0 aliphatic rings. The highest BCUT2D eigenvalue weighted by atomic mass is 79.9. The van der Waals surface area contributed by atoms with Crippen LogP contribution >= 0.6 is 27.5 Å². The Hall–Kier alpha value is -5.29. The number of halogens is 2. The van der Waals surface area contributed by atoms with E-state index in [9.17, 15) is 0 Å². The molecule has 0 saturated carbocycles. The predicted octanol–water partition coefficient (Wildman–Crippen LogP) is 12.7. The lowest BCUT2D eigenvalue weighted by Crippen LogP contribution is -1.97. The van der Waals surface area contributed by atoms with Gasteiger partial charge in [0.2, 0.25) is 0 Å². The van der Waals surface area contributed by atoms with Gasteiger partial charge in [0.25, 0.3) is 0 Å². The van der Waals surface area contributed by atoms with E-state index in [1.54, 1.807) is 0 Å². The summed E-state index contributed by atoms with van der Waals surface area (Å²) in [7, 11) is 0. The molecule has 5 heteroatoms. The lowest BCUT2D eigenvalue weighted by molar-refractivity contribution is 0.485. The summed E-state index contributed by atoms with van der Waals surface area (Å²) in [5.41, 5.74) is 9.66. The summed E-state index contributed by atoms with van der Waals surface area (Å²) in [6.45, 7) is 0. The van der Waals surface area contributed by atoms with Gasteiger partial charge < -0.3 is 4.74 Å². The molecule has 0 N–H and O–H groups in total. The third-order valence-corrected chi connectivity index (χ3v) is 9.02. The van der Waals surface area contributed by atoms with E-state index in [4.69, 9.17) is 26.3 Å². The second-order valence-corrected chi connectivity index (χ2v) is 12.6. The van der Waals surface area contributed by atoms with E-state index >= 15 is 0 Å². The summed E-state index contributed by atoms with van der Waals surface area (Å²) in [6, 6.07) is 53.2. The minimum absolute atomic E-state index is 0.686. The van der Waals surface area contributed by atoms with Crippen LogP contribution in [0.3, 0.4) is 0 Å². The number of ether oxygens (including phenoxy) is 1. The zero-order chi connectivity index (χ0) is 31.7. The van der Waals surface area contributed by atoms with Crippen molar-refractivity contribution in [1.29, 1.82) is 0 Å². The van der Waals surface area contributed by atoms with Gasteiger partial charge in [-0.1, -0.05) is 119 Å². The molecule has 2 aromatic heterocycles. The molecular weight excluding hydrogens is 664 g/mol. The number of benzene rings is 6. The molecule has 2 heterocycles. The predicted molar refractivity (Wildman–Crippen MR) is 198 cm³/mol. The maximum Gasteiger partial charge on any atom is 0.162 e. The molecule has 0 aliphatic heterocycles. The third-order valence-electron chi connectivity index (χ3n) is 8.25. The van der Waals surface area contributed by atoms with Crippen LogP contribution in [0.1, 0.15) is 0 Å². The Bertz CT molecular complexity index is 2380. The second-order valence-electron chi connectivity index (χ2n) is 11.3. The fourth-order valence-corrected chi connectivity index (χ4v) is 6.44. The minimum atomic E-state index is 0.686. The molecule has 0 atom stereocenters. The third kappa shape index (κ3) is 5.78. The van der Waals surface area contributed by atoms with Crippen molar-refractivity contribution < 1.29 is 4.74 Å². The summed E-state index contributed by atoms with van der Waals surface area (Å²) in [4.78, 5) is 10.2. The summed E-state index contributed by atoms with van der Waals surface area (Å²) in [5.74, 6) is 1.41. The molecular formula is C42H26BrClN2O. The van der Waals surface area contributed by atoms with Gasteiger partial charge >= 0.3 is 0 Å². The number of hydrogen-bond donors (Lipinski definition) is 0. The van der Waals surface area contributed by atoms with Crippen molar-refractivity contribution in [3.63, 3.8) is 0 Å². The molecule has 0 amide bonds. The van der Waals surface area contributed by atoms with Crippen LogP contribution in [0.4, 0.5) is 0 Å². The van der Waals surface area contributed by atoms with Crippen molar-refractivity contribution in [2.24, 2.45) is 0 Å². The monoisotopic (exact) mass is 688 g/mol. The maximum absolute atomic E-state index is 6.85. The van der Waals surface area contributed by atoms with Gasteiger partial charge in [0.05, 0.1) is 16.7 Å². The average Bonchev–Trinajstić information content (AvgIpc) is 3.12. The largest absolute Gasteiger partial charge is 0.454 e. The Morgan fingerprint density at radius 1 is 0.511 bits per heavy atom. The molecule has 0 radical (unpaired) electrons. The van der Waals surface area contributed by atoms with Crippen LogP contribution in [-0.4, -0.2) is 9.97 Å². The van der Waals surface area contributed by atoms with E-state index < -0.39 is 0 Å². The van der Waals surface area contributed by atoms with Gasteiger partial charge in [-0.25, -0.2) is 9.97 Å². The van der Waals surface area contributed by atoms with E-state index in [0.29, 0.717) is 16.5 Å². The first kappa shape index (κ1) is 29.1. The first-order valence-electron chi connectivity index (χ1n) is 15.3. The van der Waals surface area contributed by atoms with Crippen LogP contribution in [-0.2, 0) is 0 Å². The van der Waals surface area contributed by atoms with Crippen molar-refractivity contribution in [3.8, 4) is 56.3 Å². The van der Waals surface area contributed by atoms with Gasteiger partial charge in [0, 0.05) is 37.0 Å². The Kier molecular flexibility index (Phi) is 7.74. The van der Waals surface area contributed by atoms with Crippen LogP contribution < -0.4 is 4.74 Å². The molecule has 3 nitrogen and oxygen atoms in total. The van der Waals surface area contributed by atoms with E-state index in [2.05, 4.69) is 94.8 Å². The second kappa shape index (κ2) is 12.5. The SMILES string of the molecule is Clc1ccc2nc(-c3ccc(Oc4c(-c5ccc(Br)cc5)nc5ccccc5c4-c4ccccc4)cc3)cc(-c3ccccc3)c2c1. The maximum atomic E-state index is 6.85. The number of fused-ring (bicyclic) bond motifs is 2. The number of hydrogen-bond acceptors (Lipinski definition) is 3. The Morgan fingerprint density at radius 2 is 1.15 bits per heavy atom. The van der Waals surface area contributed by atoms with E-state index in [-0.39, 0.29) is 0 Å². The van der Waals surface area contributed by atoms with Crippen LogP contribution in [0.15, 0.2) is 162 Å². The molecule has 8 aromatic rings. The fraction of sp³-hybridized carbons (Fsp3) is 0. The first-order chi connectivity index (χ1) is 23.1. The molecule has 47 heavy (non-hydrogen) atoms. The van der Waals surface area contributed by atoms with Gasteiger partial charge in [0.1, 0.15) is 11.4 Å². The molecule has 0 aliphatic carbocycles. The zero-order valence-electron chi connectivity index (χ0n) is 25.1.